The molecule has 0 spiro atoms. The van der Waals surface area contributed by atoms with E-state index < -0.39 is 0 Å². The van der Waals surface area contributed by atoms with Crippen LogP contribution in [0.15, 0.2) is 24.3 Å². The van der Waals surface area contributed by atoms with E-state index in [0.29, 0.717) is 24.4 Å². The molecule has 1 aromatic rings. The molecule has 1 amide bonds. The van der Waals surface area contributed by atoms with Gasteiger partial charge in [0.2, 0.25) is 5.91 Å². The van der Waals surface area contributed by atoms with Crippen molar-refractivity contribution in [2.24, 2.45) is 0 Å². The zero-order valence-electron chi connectivity index (χ0n) is 14.9. The van der Waals surface area contributed by atoms with E-state index in [9.17, 15) is 9.59 Å². The SMILES string of the molecule is COC(=O)c1ccc(CCC(=O)N(C)C2CCCCCCC2)cc1. The average Bonchev–Trinajstić information content (AvgIpc) is 2.58. The lowest BCUT2D eigenvalue weighted by molar-refractivity contribution is -0.132. The molecular weight excluding hydrogens is 302 g/mol. The standard InChI is InChI=1S/C20H29NO3/c1-21(18-8-6-4-3-5-7-9-18)19(22)15-12-16-10-13-17(14-11-16)20(23)24-2/h10-11,13-14,18H,3-9,12,15H2,1-2H3. The lowest BCUT2D eigenvalue weighted by atomic mass is 9.95. The number of benzene rings is 1. The maximum atomic E-state index is 12.5. The van der Waals surface area contributed by atoms with Gasteiger partial charge in [-0.2, -0.15) is 0 Å². The molecule has 1 aliphatic rings. The van der Waals surface area contributed by atoms with Crippen molar-refractivity contribution in [1.29, 1.82) is 0 Å². The summed E-state index contributed by atoms with van der Waals surface area (Å²) in [6.07, 6.45) is 9.89. The van der Waals surface area contributed by atoms with E-state index in [1.165, 1.54) is 39.2 Å². The Morgan fingerprint density at radius 1 is 1.04 bits per heavy atom. The predicted octanol–water partition coefficient (Wildman–Crippen LogP) is 3.98. The molecule has 132 valence electrons. The third-order valence-electron chi connectivity index (χ3n) is 5.02. The van der Waals surface area contributed by atoms with Gasteiger partial charge in [-0.1, -0.05) is 44.2 Å². The molecule has 1 aromatic carbocycles. The summed E-state index contributed by atoms with van der Waals surface area (Å²) < 4.78 is 4.69. The van der Waals surface area contributed by atoms with Crippen molar-refractivity contribution in [3.63, 3.8) is 0 Å². The molecule has 1 fully saturated rings. The summed E-state index contributed by atoms with van der Waals surface area (Å²) in [4.78, 5) is 25.9. The maximum Gasteiger partial charge on any atom is 0.337 e. The number of carbonyl (C=O) groups is 2. The molecule has 2 rings (SSSR count). The molecule has 1 aliphatic carbocycles. The Hall–Kier alpha value is -1.84. The highest BCUT2D eigenvalue weighted by molar-refractivity contribution is 5.89. The van der Waals surface area contributed by atoms with Crippen LogP contribution >= 0.6 is 0 Å². The molecule has 4 heteroatoms. The highest BCUT2D eigenvalue weighted by Crippen LogP contribution is 2.21. The number of amides is 1. The largest absolute Gasteiger partial charge is 0.465 e. The summed E-state index contributed by atoms with van der Waals surface area (Å²) in [7, 11) is 3.33. The fourth-order valence-corrected chi connectivity index (χ4v) is 3.38. The molecule has 0 aromatic heterocycles. The number of nitrogens with zero attached hydrogens (tertiary/aromatic N) is 1. The number of hydrogen-bond donors (Lipinski definition) is 0. The van der Waals surface area contributed by atoms with Crippen LogP contribution in [0.5, 0.6) is 0 Å². The first-order chi connectivity index (χ1) is 11.6. The van der Waals surface area contributed by atoms with Crippen molar-refractivity contribution >= 4 is 11.9 Å². The van der Waals surface area contributed by atoms with E-state index in [2.05, 4.69) is 0 Å². The number of methoxy groups -OCH3 is 1. The number of esters is 1. The summed E-state index contributed by atoms with van der Waals surface area (Å²) in [6, 6.07) is 7.71. The van der Waals surface area contributed by atoms with E-state index in [1.807, 2.05) is 24.1 Å². The number of hydrogen-bond acceptors (Lipinski definition) is 3. The van der Waals surface area contributed by atoms with Crippen LogP contribution in [0.1, 0.15) is 67.3 Å². The van der Waals surface area contributed by atoms with Gasteiger partial charge >= 0.3 is 5.97 Å². The molecule has 0 saturated heterocycles. The van der Waals surface area contributed by atoms with Gasteiger partial charge in [-0.15, -0.1) is 0 Å². The van der Waals surface area contributed by atoms with Crippen molar-refractivity contribution in [3.05, 3.63) is 35.4 Å². The molecule has 0 unspecified atom stereocenters. The third kappa shape index (κ3) is 5.36. The van der Waals surface area contributed by atoms with Gasteiger partial charge in [0.05, 0.1) is 12.7 Å². The van der Waals surface area contributed by atoms with Gasteiger partial charge in [-0.3, -0.25) is 4.79 Å². The first kappa shape index (κ1) is 18.5. The van der Waals surface area contributed by atoms with Crippen LogP contribution in [0.25, 0.3) is 0 Å². The van der Waals surface area contributed by atoms with Crippen molar-refractivity contribution < 1.29 is 14.3 Å². The quantitative estimate of drug-likeness (QED) is 0.767. The van der Waals surface area contributed by atoms with E-state index in [4.69, 9.17) is 4.74 Å². The van der Waals surface area contributed by atoms with Crippen molar-refractivity contribution in [2.45, 2.75) is 63.8 Å². The Labute approximate surface area is 145 Å². The summed E-state index contributed by atoms with van der Waals surface area (Å²) in [6.45, 7) is 0. The van der Waals surface area contributed by atoms with Crippen LogP contribution in [-0.2, 0) is 16.0 Å². The molecule has 0 heterocycles. The molecule has 0 N–H and O–H groups in total. The Kier molecular flexibility index (Phi) is 7.29. The summed E-state index contributed by atoms with van der Waals surface area (Å²) in [5, 5.41) is 0. The minimum Gasteiger partial charge on any atom is -0.465 e. The summed E-state index contributed by atoms with van der Waals surface area (Å²) >= 11 is 0. The van der Waals surface area contributed by atoms with Crippen molar-refractivity contribution in [3.8, 4) is 0 Å². The molecule has 0 bridgehead atoms. The topological polar surface area (TPSA) is 46.6 Å². The van der Waals surface area contributed by atoms with E-state index in [0.717, 1.165) is 18.4 Å². The van der Waals surface area contributed by atoms with Crippen molar-refractivity contribution in [2.75, 3.05) is 14.2 Å². The zero-order valence-corrected chi connectivity index (χ0v) is 14.9. The summed E-state index contributed by atoms with van der Waals surface area (Å²) in [5.41, 5.74) is 1.61. The van der Waals surface area contributed by atoms with Gasteiger partial charge in [-0.25, -0.2) is 4.79 Å². The first-order valence-electron chi connectivity index (χ1n) is 9.04. The number of rotatable bonds is 5. The Morgan fingerprint density at radius 2 is 1.62 bits per heavy atom. The van der Waals surface area contributed by atoms with E-state index >= 15 is 0 Å². The van der Waals surface area contributed by atoms with Gasteiger partial charge in [0.15, 0.2) is 0 Å². The first-order valence-corrected chi connectivity index (χ1v) is 9.04. The Balaban J connectivity index is 1.83. The average molecular weight is 331 g/mol. The van der Waals surface area contributed by atoms with Gasteiger partial charge < -0.3 is 9.64 Å². The van der Waals surface area contributed by atoms with E-state index in [1.54, 1.807) is 12.1 Å². The molecule has 1 saturated carbocycles. The molecule has 0 radical (unpaired) electrons. The lowest BCUT2D eigenvalue weighted by Crippen LogP contribution is -2.37. The molecular formula is C20H29NO3. The normalized spacial score (nSPS) is 16.1. The van der Waals surface area contributed by atoms with Crippen LogP contribution in [0, 0.1) is 0 Å². The fraction of sp³-hybridized carbons (Fsp3) is 0.600. The highest BCUT2D eigenvalue weighted by atomic mass is 16.5. The molecule has 0 aliphatic heterocycles. The van der Waals surface area contributed by atoms with Gasteiger partial charge in [0.25, 0.3) is 0 Å². The number of carbonyl (C=O) groups excluding carboxylic acids is 2. The third-order valence-corrected chi connectivity index (χ3v) is 5.02. The summed E-state index contributed by atoms with van der Waals surface area (Å²) in [5.74, 6) is -0.112. The van der Waals surface area contributed by atoms with Crippen LogP contribution in [0.2, 0.25) is 0 Å². The highest BCUT2D eigenvalue weighted by Gasteiger charge is 2.20. The molecule has 4 nitrogen and oxygen atoms in total. The maximum absolute atomic E-state index is 12.5. The second-order valence-corrected chi connectivity index (χ2v) is 6.69. The van der Waals surface area contributed by atoms with Crippen LogP contribution in [0.3, 0.4) is 0 Å². The number of aryl methyl sites for hydroxylation is 1. The van der Waals surface area contributed by atoms with Crippen LogP contribution in [-0.4, -0.2) is 37.0 Å². The monoisotopic (exact) mass is 331 g/mol. The van der Waals surface area contributed by atoms with Gasteiger partial charge in [-0.05, 0) is 37.0 Å². The Bertz CT molecular complexity index is 530. The Morgan fingerprint density at radius 3 is 2.21 bits per heavy atom. The minimum absolute atomic E-state index is 0.220. The van der Waals surface area contributed by atoms with Crippen LogP contribution < -0.4 is 0 Å². The smallest absolute Gasteiger partial charge is 0.337 e. The second-order valence-electron chi connectivity index (χ2n) is 6.69. The molecule has 24 heavy (non-hydrogen) atoms. The van der Waals surface area contributed by atoms with Gasteiger partial charge in [0.1, 0.15) is 0 Å². The van der Waals surface area contributed by atoms with Gasteiger partial charge in [0, 0.05) is 19.5 Å². The van der Waals surface area contributed by atoms with E-state index in [-0.39, 0.29) is 11.9 Å². The predicted molar refractivity (Wildman–Crippen MR) is 95.0 cm³/mol. The van der Waals surface area contributed by atoms with Crippen LogP contribution in [0.4, 0.5) is 0 Å². The fourth-order valence-electron chi connectivity index (χ4n) is 3.38. The lowest BCUT2D eigenvalue weighted by Gasteiger charge is -2.30. The van der Waals surface area contributed by atoms with Crippen molar-refractivity contribution in [1.82, 2.24) is 4.90 Å². The zero-order chi connectivity index (χ0) is 17.4. The second kappa shape index (κ2) is 9.45. The number of ether oxygens (including phenoxy) is 1. The molecule has 0 atom stereocenters. The minimum atomic E-state index is -0.332.